The highest BCUT2D eigenvalue weighted by atomic mass is 32.1. The van der Waals surface area contributed by atoms with Crippen LogP contribution in [0.15, 0.2) is 369 Å². The molecule has 15 heteroatoms. The van der Waals surface area contributed by atoms with Gasteiger partial charge in [-0.1, -0.05) is 249 Å². The first-order chi connectivity index (χ1) is 52.3. The lowest BCUT2D eigenvalue weighted by atomic mass is 10.0. The van der Waals surface area contributed by atoms with Crippen LogP contribution in [0, 0.1) is 0 Å². The third kappa shape index (κ3) is 12.2. The van der Waals surface area contributed by atoms with Crippen LogP contribution in [-0.2, 0) is 4.57 Å². The highest BCUT2D eigenvalue weighted by Gasteiger charge is 2.29. The smallest absolute Gasteiger partial charge is 0.248 e. The van der Waals surface area contributed by atoms with E-state index in [4.69, 9.17) is 24.7 Å². The first-order valence-electron chi connectivity index (χ1n) is 34.8. The first kappa shape index (κ1) is 63.2. The van der Waals surface area contributed by atoms with Crippen LogP contribution in [0.1, 0.15) is 0 Å². The Morgan fingerprint density at radius 3 is 1.18 bits per heavy atom. The summed E-state index contributed by atoms with van der Waals surface area (Å²) < 4.78 is 29.3. The summed E-state index contributed by atoms with van der Waals surface area (Å²) in [5, 5.41) is 33.0. The molecule has 22 rings (SSSR count). The molecule has 0 atom stereocenters. The molecule has 0 aliphatic carbocycles. The van der Waals surface area contributed by atoms with Crippen molar-refractivity contribution in [2.75, 3.05) is 0 Å². The molecule has 11 aromatic heterocycles. The Balaban J connectivity index is 0.000000100. The van der Waals surface area contributed by atoms with Gasteiger partial charge in [-0.2, -0.15) is 20.4 Å². The average Bonchev–Trinajstić information content (AvgIpc) is 1.41. The summed E-state index contributed by atoms with van der Waals surface area (Å²) in [5.41, 5.74) is 15.8. The molecule has 0 N–H and O–H groups in total. The number of para-hydroxylation sites is 4. The standard InChI is InChI=1S/C35H25N2OP.C20H13N3.C18H11N3O.C18H11N3S/c38-39(32-11-3-1-4-12-32,33-13-5-2-6-14-33)34-21-19-27(20-22-34)26-15-17-28(18-16-26)35-24-31-23-29-9-7-8-10-30(29)25-37(31)36-35;1-2-7-16-13-23-18(10-14(16)5-1)11-20(22-23)17-9-15-6-3-4-8-19(15)21-12-17;2*1-2-6-13-11-21-14(9-12(13)5-1)10-16(20-21)18-19-15-7-3-4-8-17(15)22-18/h1-25H;1-13H;2*1-11H. The minimum absolute atomic E-state index is 0.550. The van der Waals surface area contributed by atoms with Gasteiger partial charge in [-0.25, -0.2) is 28.0 Å². The van der Waals surface area contributed by atoms with Crippen LogP contribution in [0.3, 0.4) is 0 Å². The molecule has 0 spiro atoms. The zero-order chi connectivity index (χ0) is 70.5. The van der Waals surface area contributed by atoms with Gasteiger partial charge in [0.25, 0.3) is 0 Å². The Kier molecular flexibility index (Phi) is 16.0. The molecule has 0 fully saturated rings. The van der Waals surface area contributed by atoms with Crippen molar-refractivity contribution in [3.8, 4) is 55.9 Å². The van der Waals surface area contributed by atoms with Crippen molar-refractivity contribution in [3.63, 3.8) is 0 Å². The maximum atomic E-state index is 14.6. The minimum Gasteiger partial charge on any atom is -0.435 e. The average molecular weight is 1400 g/mol. The SMILES string of the molecule is O=P(c1ccccc1)(c1ccccc1)c1ccc(-c2ccc(-c3cc4cc5ccccc5cn4n3)cc2)cc1.c1ccc2cn3nc(-c4cnc5ccccc5c4)cc3cc2c1.c1ccc2cn3nc(-c4nc5ccccc5o4)cc3cc2c1.c1ccc2cn3nc(-c4nc5ccccc5s4)cc3cc2c1. The van der Waals surface area contributed by atoms with Gasteiger partial charge in [0.2, 0.25) is 5.89 Å². The van der Waals surface area contributed by atoms with Crippen LogP contribution >= 0.6 is 18.5 Å². The van der Waals surface area contributed by atoms with Crippen molar-refractivity contribution in [1.82, 2.24) is 53.4 Å². The van der Waals surface area contributed by atoms with Crippen molar-refractivity contribution < 1.29 is 8.98 Å². The first-order valence-corrected chi connectivity index (χ1v) is 37.3. The quantitative estimate of drug-likeness (QED) is 0.136. The summed E-state index contributed by atoms with van der Waals surface area (Å²) in [5.74, 6) is 0.550. The zero-order valence-corrected chi connectivity index (χ0v) is 58.4. The molecule has 0 amide bonds. The van der Waals surface area contributed by atoms with E-state index in [0.717, 1.165) is 121 Å². The minimum atomic E-state index is -2.98. The Labute approximate surface area is 610 Å². The molecule has 11 heterocycles. The van der Waals surface area contributed by atoms with Crippen molar-refractivity contribution in [3.05, 3.63) is 365 Å². The number of aromatic nitrogens is 11. The third-order valence-corrected chi connectivity index (χ3v) is 23.3. The number of nitrogens with zero attached hydrogens (tertiary/aromatic N) is 11. The van der Waals surface area contributed by atoms with E-state index >= 15 is 0 Å². The van der Waals surface area contributed by atoms with Crippen LogP contribution in [0.5, 0.6) is 0 Å². The number of hydrogen-bond acceptors (Lipinski definition) is 10. The molecule has 0 unspecified atom stereocenters. The van der Waals surface area contributed by atoms with Crippen LogP contribution < -0.4 is 15.9 Å². The molecule has 22 aromatic rings. The van der Waals surface area contributed by atoms with E-state index in [-0.39, 0.29) is 0 Å². The Hall–Kier alpha value is -13.8. The fraction of sp³-hybridized carbons (Fsp3) is 0. The van der Waals surface area contributed by atoms with Gasteiger partial charge in [0.05, 0.1) is 49.2 Å². The van der Waals surface area contributed by atoms with Gasteiger partial charge in [-0.05, 0) is 118 Å². The Morgan fingerprint density at radius 2 is 0.670 bits per heavy atom. The van der Waals surface area contributed by atoms with Gasteiger partial charge in [-0.15, -0.1) is 11.3 Å². The van der Waals surface area contributed by atoms with Gasteiger partial charge in [-0.3, -0.25) is 4.98 Å². The summed E-state index contributed by atoms with van der Waals surface area (Å²) >= 11 is 1.68. The summed E-state index contributed by atoms with van der Waals surface area (Å²) in [4.78, 5) is 13.7. The third-order valence-electron chi connectivity index (χ3n) is 19.2. The van der Waals surface area contributed by atoms with Gasteiger partial charge in [0.15, 0.2) is 12.7 Å². The highest BCUT2D eigenvalue weighted by molar-refractivity contribution is 7.85. The van der Waals surface area contributed by atoms with E-state index in [9.17, 15) is 4.57 Å². The van der Waals surface area contributed by atoms with E-state index < -0.39 is 7.14 Å². The predicted octanol–water partition coefficient (Wildman–Crippen LogP) is 21.2. The van der Waals surface area contributed by atoms with Gasteiger partial charge in [0.1, 0.15) is 21.9 Å². The second-order valence-corrected chi connectivity index (χ2v) is 29.8. The summed E-state index contributed by atoms with van der Waals surface area (Å²) in [6.07, 6.45) is 10.1. The monoisotopic (exact) mass is 1400 g/mol. The lowest BCUT2D eigenvalue weighted by Crippen LogP contribution is -2.24. The number of benzene rings is 11. The fourth-order valence-electron chi connectivity index (χ4n) is 13.8. The van der Waals surface area contributed by atoms with Gasteiger partial charge >= 0.3 is 0 Å². The molecule has 11 aromatic carbocycles. The number of oxazole rings is 1. The maximum absolute atomic E-state index is 14.6. The van der Waals surface area contributed by atoms with Crippen LogP contribution in [0.4, 0.5) is 0 Å². The molecule has 106 heavy (non-hydrogen) atoms. The van der Waals surface area contributed by atoms with E-state index in [1.807, 2.05) is 200 Å². The molecule has 0 saturated carbocycles. The second kappa shape index (κ2) is 26.9. The van der Waals surface area contributed by atoms with Crippen LogP contribution in [0.2, 0.25) is 0 Å². The van der Waals surface area contributed by atoms with Crippen molar-refractivity contribution in [1.29, 1.82) is 0 Å². The van der Waals surface area contributed by atoms with Gasteiger partial charge in [0, 0.05) is 85.0 Å². The molecule has 0 bridgehead atoms. The molecule has 0 saturated heterocycles. The van der Waals surface area contributed by atoms with Crippen molar-refractivity contribution in [2.45, 2.75) is 0 Å². The Bertz CT molecular complexity index is 6580. The molecule has 13 nitrogen and oxygen atoms in total. The lowest BCUT2D eigenvalue weighted by Gasteiger charge is -2.20. The molecule has 0 radical (unpaired) electrons. The maximum Gasteiger partial charge on any atom is 0.248 e. The van der Waals surface area contributed by atoms with E-state index in [0.29, 0.717) is 5.89 Å². The number of hydrogen-bond donors (Lipinski definition) is 0. The summed E-state index contributed by atoms with van der Waals surface area (Å²) in [6.45, 7) is 0. The molecule has 0 aliphatic rings. The van der Waals surface area contributed by atoms with E-state index in [2.05, 4.69) is 197 Å². The second-order valence-electron chi connectivity index (χ2n) is 26.0. The zero-order valence-electron chi connectivity index (χ0n) is 56.7. The van der Waals surface area contributed by atoms with E-state index in [1.54, 1.807) is 11.3 Å². The van der Waals surface area contributed by atoms with Gasteiger partial charge < -0.3 is 8.98 Å². The number of fused-ring (bicyclic) bond motifs is 11. The number of pyridine rings is 5. The number of thiazole rings is 1. The number of rotatable bonds is 8. The fourth-order valence-corrected chi connectivity index (χ4v) is 17.3. The van der Waals surface area contributed by atoms with Crippen molar-refractivity contribution in [2.24, 2.45) is 0 Å². The largest absolute Gasteiger partial charge is 0.435 e. The molecule has 502 valence electrons. The van der Waals surface area contributed by atoms with Crippen LogP contribution in [0.25, 0.3) is 153 Å². The highest BCUT2D eigenvalue weighted by Crippen LogP contribution is 2.43. The summed E-state index contributed by atoms with van der Waals surface area (Å²) in [7, 11) is -2.98. The molecular formula is C91H60N11O2PS. The van der Waals surface area contributed by atoms with Crippen LogP contribution in [-0.4, -0.2) is 53.4 Å². The molecule has 0 aliphatic heterocycles. The molecular weight excluding hydrogens is 1340 g/mol. The normalized spacial score (nSPS) is 11.6. The predicted molar refractivity (Wildman–Crippen MR) is 433 cm³/mol. The lowest BCUT2D eigenvalue weighted by molar-refractivity contribution is 0.592. The summed E-state index contributed by atoms with van der Waals surface area (Å²) in [6, 6.07) is 113. The van der Waals surface area contributed by atoms with E-state index in [1.165, 1.54) is 42.4 Å². The topological polar surface area (TPSA) is 138 Å². The Morgan fingerprint density at radius 1 is 0.292 bits per heavy atom. The van der Waals surface area contributed by atoms with Crippen molar-refractivity contribution >= 4 is 132 Å².